The van der Waals surface area contributed by atoms with Crippen molar-refractivity contribution in [2.24, 2.45) is 0 Å². The van der Waals surface area contributed by atoms with E-state index in [0.29, 0.717) is 13.0 Å². The fourth-order valence-electron chi connectivity index (χ4n) is 1.33. The standard InChI is InChI=1S/C10H13ClN4O4/c11-9(16)2-1-4-12-10(17)3-5-14-7-8(6-13-14)15(18)19/h6-7H,1-5H2,(H,12,17). The maximum absolute atomic E-state index is 11.4. The highest BCUT2D eigenvalue weighted by Crippen LogP contribution is 2.07. The minimum Gasteiger partial charge on any atom is -0.356 e. The molecule has 0 atom stereocenters. The van der Waals surface area contributed by atoms with Gasteiger partial charge in [-0.05, 0) is 18.0 Å². The van der Waals surface area contributed by atoms with Crippen molar-refractivity contribution in [1.82, 2.24) is 15.1 Å². The van der Waals surface area contributed by atoms with Crippen molar-refractivity contribution in [2.75, 3.05) is 6.54 Å². The smallest absolute Gasteiger partial charge is 0.306 e. The molecule has 0 unspecified atom stereocenters. The quantitative estimate of drug-likeness (QED) is 0.330. The summed E-state index contributed by atoms with van der Waals surface area (Å²) in [5.74, 6) is -0.208. The highest BCUT2D eigenvalue weighted by Gasteiger charge is 2.09. The number of aromatic nitrogens is 2. The lowest BCUT2D eigenvalue weighted by molar-refractivity contribution is -0.385. The molecule has 1 N–H and O–H groups in total. The fraction of sp³-hybridized carbons (Fsp3) is 0.500. The van der Waals surface area contributed by atoms with Gasteiger partial charge < -0.3 is 5.32 Å². The first-order valence-corrected chi connectivity index (χ1v) is 5.98. The third kappa shape index (κ3) is 5.96. The number of nitro groups is 1. The van der Waals surface area contributed by atoms with Crippen molar-refractivity contribution >= 4 is 28.4 Å². The van der Waals surface area contributed by atoms with Gasteiger partial charge in [0.2, 0.25) is 11.1 Å². The van der Waals surface area contributed by atoms with Crippen molar-refractivity contribution in [1.29, 1.82) is 0 Å². The van der Waals surface area contributed by atoms with Crippen LogP contribution in [0.3, 0.4) is 0 Å². The van der Waals surface area contributed by atoms with Gasteiger partial charge in [-0.25, -0.2) is 0 Å². The van der Waals surface area contributed by atoms with E-state index in [4.69, 9.17) is 11.6 Å². The second kappa shape index (κ2) is 7.47. The summed E-state index contributed by atoms with van der Waals surface area (Å²) in [6.07, 6.45) is 3.26. The van der Waals surface area contributed by atoms with Gasteiger partial charge in [0.1, 0.15) is 12.4 Å². The van der Waals surface area contributed by atoms with E-state index < -0.39 is 10.2 Å². The number of nitrogens with one attached hydrogen (secondary N) is 1. The van der Waals surface area contributed by atoms with Gasteiger partial charge in [-0.3, -0.25) is 24.4 Å². The van der Waals surface area contributed by atoms with Gasteiger partial charge in [0, 0.05) is 25.9 Å². The minimum atomic E-state index is -0.549. The van der Waals surface area contributed by atoms with Crippen LogP contribution in [0.1, 0.15) is 19.3 Å². The van der Waals surface area contributed by atoms with Crippen LogP contribution in [-0.2, 0) is 16.1 Å². The maximum atomic E-state index is 11.4. The molecule has 1 aromatic rings. The van der Waals surface area contributed by atoms with E-state index in [-0.39, 0.29) is 31.0 Å². The van der Waals surface area contributed by atoms with Crippen LogP contribution in [0.5, 0.6) is 0 Å². The van der Waals surface area contributed by atoms with Crippen LogP contribution in [0.4, 0.5) is 5.69 Å². The molecule has 19 heavy (non-hydrogen) atoms. The van der Waals surface area contributed by atoms with Crippen molar-refractivity contribution in [3.8, 4) is 0 Å². The molecule has 1 rings (SSSR count). The van der Waals surface area contributed by atoms with Crippen LogP contribution in [0, 0.1) is 10.1 Å². The number of carbonyl (C=O) groups is 2. The Balaban J connectivity index is 2.22. The van der Waals surface area contributed by atoms with Gasteiger partial charge >= 0.3 is 5.69 Å². The molecule has 1 heterocycles. The summed E-state index contributed by atoms with van der Waals surface area (Å²) in [7, 11) is 0. The molecule has 104 valence electrons. The number of amides is 1. The van der Waals surface area contributed by atoms with Gasteiger partial charge in [0.15, 0.2) is 0 Å². The van der Waals surface area contributed by atoms with Crippen molar-refractivity contribution in [3.63, 3.8) is 0 Å². The van der Waals surface area contributed by atoms with Crippen LogP contribution in [-0.4, -0.2) is 32.4 Å². The summed E-state index contributed by atoms with van der Waals surface area (Å²) >= 11 is 5.14. The van der Waals surface area contributed by atoms with Crippen LogP contribution < -0.4 is 5.32 Å². The molecule has 1 aromatic heterocycles. The molecule has 0 bridgehead atoms. The normalized spacial score (nSPS) is 10.2. The lowest BCUT2D eigenvalue weighted by atomic mass is 10.3. The molecule has 1 amide bonds. The summed E-state index contributed by atoms with van der Waals surface area (Å²) in [6.45, 7) is 0.630. The Labute approximate surface area is 113 Å². The van der Waals surface area contributed by atoms with E-state index in [2.05, 4.69) is 10.4 Å². The van der Waals surface area contributed by atoms with Crippen molar-refractivity contribution in [3.05, 3.63) is 22.5 Å². The molecule has 0 spiro atoms. The molecule has 0 saturated heterocycles. The number of rotatable bonds is 8. The predicted octanol–water partition coefficient (Wildman–Crippen LogP) is 0.843. The average Bonchev–Trinajstić information content (AvgIpc) is 2.81. The molecular weight excluding hydrogens is 276 g/mol. The highest BCUT2D eigenvalue weighted by atomic mass is 35.5. The third-order valence-corrected chi connectivity index (χ3v) is 2.46. The topological polar surface area (TPSA) is 107 Å². The zero-order valence-electron chi connectivity index (χ0n) is 10.0. The Hall–Kier alpha value is -1.96. The molecular formula is C10H13ClN4O4. The first-order chi connectivity index (χ1) is 8.99. The largest absolute Gasteiger partial charge is 0.356 e. The number of aryl methyl sites for hydroxylation is 1. The molecule has 0 radical (unpaired) electrons. The Bertz CT molecular complexity index is 474. The summed E-state index contributed by atoms with van der Waals surface area (Å²) in [6, 6.07) is 0. The number of nitrogens with zero attached hydrogens (tertiary/aromatic N) is 3. The number of halogens is 1. The van der Waals surface area contributed by atoms with Gasteiger partial charge in [-0.1, -0.05) is 0 Å². The highest BCUT2D eigenvalue weighted by molar-refractivity contribution is 6.63. The van der Waals surface area contributed by atoms with Crippen molar-refractivity contribution in [2.45, 2.75) is 25.8 Å². The summed E-state index contributed by atoms with van der Waals surface area (Å²) in [4.78, 5) is 31.7. The Morgan fingerprint density at radius 3 is 2.79 bits per heavy atom. The molecule has 0 saturated carbocycles. The Morgan fingerprint density at radius 1 is 1.47 bits per heavy atom. The summed E-state index contributed by atoms with van der Waals surface area (Å²) in [5.41, 5.74) is -0.110. The average molecular weight is 289 g/mol. The second-order valence-electron chi connectivity index (χ2n) is 3.78. The molecule has 0 aliphatic carbocycles. The number of carbonyl (C=O) groups excluding carboxylic acids is 2. The Kier molecular flexibility index (Phi) is 5.94. The van der Waals surface area contributed by atoms with Crippen LogP contribution >= 0.6 is 11.6 Å². The monoisotopic (exact) mass is 288 g/mol. The van der Waals surface area contributed by atoms with E-state index in [1.54, 1.807) is 0 Å². The number of hydrogen-bond donors (Lipinski definition) is 1. The Morgan fingerprint density at radius 2 is 2.21 bits per heavy atom. The van der Waals surface area contributed by atoms with Crippen LogP contribution in [0.2, 0.25) is 0 Å². The zero-order chi connectivity index (χ0) is 14.3. The van der Waals surface area contributed by atoms with E-state index in [1.807, 2.05) is 0 Å². The van der Waals surface area contributed by atoms with Crippen molar-refractivity contribution < 1.29 is 14.5 Å². The van der Waals surface area contributed by atoms with E-state index in [1.165, 1.54) is 10.9 Å². The van der Waals surface area contributed by atoms with Gasteiger partial charge in [-0.15, -0.1) is 0 Å². The van der Waals surface area contributed by atoms with Crippen LogP contribution in [0.25, 0.3) is 0 Å². The predicted molar refractivity (Wildman–Crippen MR) is 66.6 cm³/mol. The van der Waals surface area contributed by atoms with Gasteiger partial charge in [0.05, 0.1) is 4.92 Å². The van der Waals surface area contributed by atoms with Crippen LogP contribution in [0.15, 0.2) is 12.4 Å². The van der Waals surface area contributed by atoms with Gasteiger partial charge in [-0.2, -0.15) is 5.10 Å². The molecule has 8 nitrogen and oxygen atoms in total. The lowest BCUT2D eigenvalue weighted by Crippen LogP contribution is -2.25. The van der Waals surface area contributed by atoms with E-state index >= 15 is 0 Å². The van der Waals surface area contributed by atoms with E-state index in [0.717, 1.165) is 6.20 Å². The molecule has 0 aliphatic rings. The number of hydrogen-bond acceptors (Lipinski definition) is 5. The molecule has 9 heteroatoms. The molecule has 0 fully saturated rings. The molecule has 0 aromatic carbocycles. The summed E-state index contributed by atoms with van der Waals surface area (Å²) < 4.78 is 1.33. The zero-order valence-corrected chi connectivity index (χ0v) is 10.8. The molecule has 0 aliphatic heterocycles. The summed E-state index contributed by atoms with van der Waals surface area (Å²) in [5, 5.41) is 16.4. The maximum Gasteiger partial charge on any atom is 0.306 e. The van der Waals surface area contributed by atoms with Gasteiger partial charge in [0.25, 0.3) is 0 Å². The lowest BCUT2D eigenvalue weighted by Gasteiger charge is -2.04. The first-order valence-electron chi connectivity index (χ1n) is 5.61. The second-order valence-corrected chi connectivity index (χ2v) is 4.20. The fourth-order valence-corrected chi connectivity index (χ4v) is 1.46. The first kappa shape index (κ1) is 15.1. The minimum absolute atomic E-state index is 0.110. The SMILES string of the molecule is O=C(Cl)CCCNC(=O)CCn1cc([N+](=O)[O-])cn1. The third-order valence-electron chi connectivity index (χ3n) is 2.27. The van der Waals surface area contributed by atoms with E-state index in [9.17, 15) is 19.7 Å².